The number of halogens is 1. The second-order valence-corrected chi connectivity index (χ2v) is 4.34. The summed E-state index contributed by atoms with van der Waals surface area (Å²) in [6.07, 6.45) is 0. The molecule has 0 aliphatic rings. The van der Waals surface area contributed by atoms with E-state index >= 15 is 0 Å². The average Bonchev–Trinajstić information content (AvgIpc) is 1.98. The van der Waals surface area contributed by atoms with Gasteiger partial charge in [-0.05, 0) is 0 Å². The number of rotatable bonds is 4. The Balaban J connectivity index is 3.98. The summed E-state index contributed by atoms with van der Waals surface area (Å²) in [5, 5.41) is 2.65. The maximum atomic E-state index is 11.2. The Labute approximate surface area is 78.9 Å². The van der Waals surface area contributed by atoms with E-state index in [0.717, 1.165) is 0 Å². The van der Waals surface area contributed by atoms with Gasteiger partial charge in [-0.2, -0.15) is 0 Å². The summed E-state index contributed by atoms with van der Waals surface area (Å²) >= 11 is -0.0169. The van der Waals surface area contributed by atoms with Gasteiger partial charge in [-0.1, -0.05) is 0 Å². The normalized spacial score (nSPS) is 13.5. The molecule has 0 bridgehead atoms. The van der Waals surface area contributed by atoms with Crippen LogP contribution in [0.3, 0.4) is 0 Å². The molecule has 3 nitrogen and oxygen atoms in total. The van der Waals surface area contributed by atoms with Crippen molar-refractivity contribution in [3.05, 3.63) is 0 Å². The first-order valence-corrected chi connectivity index (χ1v) is 6.82. The maximum absolute atomic E-state index is 11.2. The number of likely N-dealkylation sites (N-methyl/N-ethyl adjacent to an activating group) is 1. The van der Waals surface area contributed by atoms with Gasteiger partial charge in [-0.3, -0.25) is 0 Å². The molecule has 68 valence electrons. The van der Waals surface area contributed by atoms with Crippen LogP contribution in [0.1, 0.15) is 13.8 Å². The monoisotopic (exact) mass is 271 g/mol. The van der Waals surface area contributed by atoms with Crippen molar-refractivity contribution in [2.24, 2.45) is 5.92 Å². The molecule has 1 amide bonds. The van der Waals surface area contributed by atoms with E-state index in [0.29, 0.717) is 5.92 Å². The third-order valence-corrected chi connectivity index (χ3v) is 2.72. The second-order valence-electron chi connectivity index (χ2n) is 2.63. The van der Waals surface area contributed by atoms with Crippen molar-refractivity contribution in [1.82, 2.24) is 8.85 Å². The van der Waals surface area contributed by atoms with Crippen molar-refractivity contribution < 1.29 is 26.3 Å². The van der Waals surface area contributed by atoms with Crippen molar-refractivity contribution in [2.45, 2.75) is 19.9 Å². The third kappa shape index (κ3) is 3.91. The minimum atomic E-state index is -0.0169. The number of amides is 1. The molecule has 0 aromatic carbocycles. The molecule has 0 radical (unpaired) electrons. The van der Waals surface area contributed by atoms with E-state index in [1.807, 2.05) is 13.8 Å². The molecule has 1 atom stereocenters. The van der Waals surface area contributed by atoms with Gasteiger partial charge < -0.3 is 0 Å². The predicted molar refractivity (Wildman–Crippen MR) is 41.8 cm³/mol. The quantitative estimate of drug-likeness (QED) is 0.325. The Morgan fingerprint density at radius 1 is 1.45 bits per heavy atom. The Morgan fingerprint density at radius 2 is 2.00 bits per heavy atom. The molecular formula is C7H16IN2O-. The standard InChI is InChI=1S/C7H16IN2O/c1-5(2)6(10-8-3)7(11)9-4/h5-6,10H,1-4H3,(H,9,11)/q-1/t6-/m1/s1. The molecule has 0 fully saturated rings. The minimum absolute atomic E-state index is 0.00204. The molecule has 0 aromatic heterocycles. The van der Waals surface area contributed by atoms with Gasteiger partial charge in [-0.25, -0.2) is 0 Å². The fraction of sp³-hybridized carbons (Fsp3) is 0.857. The number of hydrogen-bond acceptors (Lipinski definition) is 2. The molecule has 0 aliphatic heterocycles. The molecule has 0 unspecified atom stereocenters. The van der Waals surface area contributed by atoms with Crippen molar-refractivity contribution >= 4 is 5.91 Å². The van der Waals surface area contributed by atoms with Gasteiger partial charge in [0.25, 0.3) is 0 Å². The van der Waals surface area contributed by atoms with Gasteiger partial charge in [0.15, 0.2) is 0 Å². The second kappa shape index (κ2) is 5.77. The van der Waals surface area contributed by atoms with Gasteiger partial charge in [0.2, 0.25) is 0 Å². The van der Waals surface area contributed by atoms with Crippen LogP contribution < -0.4 is 30.3 Å². The first kappa shape index (κ1) is 11.2. The number of nitrogens with one attached hydrogen (secondary N) is 2. The SMILES string of the molecule is CNC(=O)[C@H](N[I-]C)C(C)C. The van der Waals surface area contributed by atoms with E-state index in [1.165, 1.54) is 0 Å². The first-order valence-electron chi connectivity index (χ1n) is 3.59. The molecule has 0 saturated heterocycles. The van der Waals surface area contributed by atoms with E-state index in [-0.39, 0.29) is 33.4 Å². The summed E-state index contributed by atoms with van der Waals surface area (Å²) in [6.45, 7) is 4.10. The van der Waals surface area contributed by atoms with E-state index in [4.69, 9.17) is 0 Å². The summed E-state index contributed by atoms with van der Waals surface area (Å²) < 4.78 is 3.23. The molecule has 0 heterocycles. The van der Waals surface area contributed by atoms with E-state index in [1.54, 1.807) is 7.05 Å². The Bertz CT molecular complexity index is 128. The first-order chi connectivity index (χ1) is 5.13. The van der Waals surface area contributed by atoms with Crippen LogP contribution in [0.5, 0.6) is 0 Å². The Morgan fingerprint density at radius 3 is 2.27 bits per heavy atom. The van der Waals surface area contributed by atoms with Gasteiger partial charge in [0.05, 0.1) is 0 Å². The Hall–Kier alpha value is 0.160. The van der Waals surface area contributed by atoms with Gasteiger partial charge in [-0.15, -0.1) is 0 Å². The molecule has 0 rings (SSSR count). The molecule has 0 aliphatic carbocycles. The fourth-order valence-electron chi connectivity index (χ4n) is 0.751. The van der Waals surface area contributed by atoms with Crippen LogP contribution in [0.2, 0.25) is 0 Å². The van der Waals surface area contributed by atoms with Crippen LogP contribution >= 0.6 is 0 Å². The summed E-state index contributed by atoms with van der Waals surface area (Å²) in [5.41, 5.74) is 0. The van der Waals surface area contributed by atoms with Crippen LogP contribution in [0, 0.1) is 5.92 Å². The topological polar surface area (TPSA) is 41.1 Å². The van der Waals surface area contributed by atoms with Gasteiger partial charge in [0, 0.05) is 0 Å². The zero-order chi connectivity index (χ0) is 8.85. The van der Waals surface area contributed by atoms with Crippen LogP contribution in [0.4, 0.5) is 0 Å². The Kier molecular flexibility index (Phi) is 5.85. The summed E-state index contributed by atoms with van der Waals surface area (Å²) in [4.78, 5) is 13.3. The number of hydrogen-bond donors (Lipinski definition) is 2. The summed E-state index contributed by atoms with van der Waals surface area (Å²) in [6, 6.07) is -0.00204. The van der Waals surface area contributed by atoms with Gasteiger partial charge >= 0.3 is 78.8 Å². The van der Waals surface area contributed by atoms with E-state index in [2.05, 4.69) is 13.8 Å². The number of carbonyl (C=O) groups excluding carboxylic acids is 1. The predicted octanol–water partition coefficient (Wildman–Crippen LogP) is -3.02. The molecule has 0 spiro atoms. The van der Waals surface area contributed by atoms with Crippen LogP contribution in [0.25, 0.3) is 0 Å². The number of carbonyl (C=O) groups is 1. The van der Waals surface area contributed by atoms with Crippen molar-refractivity contribution in [3.8, 4) is 0 Å². The zero-order valence-corrected chi connectivity index (χ0v) is 9.60. The zero-order valence-electron chi connectivity index (χ0n) is 7.44. The molecule has 11 heavy (non-hydrogen) atoms. The van der Waals surface area contributed by atoms with E-state index < -0.39 is 0 Å². The number of alkyl halides is 1. The fourth-order valence-corrected chi connectivity index (χ4v) is 2.42. The van der Waals surface area contributed by atoms with Crippen molar-refractivity contribution in [3.63, 3.8) is 0 Å². The van der Waals surface area contributed by atoms with Crippen LogP contribution in [-0.4, -0.2) is 23.9 Å². The summed E-state index contributed by atoms with van der Waals surface area (Å²) in [7, 11) is 1.67. The average molecular weight is 271 g/mol. The molecule has 0 saturated carbocycles. The van der Waals surface area contributed by atoms with Crippen LogP contribution in [0.15, 0.2) is 0 Å². The van der Waals surface area contributed by atoms with Gasteiger partial charge in [0.1, 0.15) is 0 Å². The van der Waals surface area contributed by atoms with Crippen molar-refractivity contribution in [1.29, 1.82) is 0 Å². The molecule has 4 heteroatoms. The molecule has 0 aromatic rings. The van der Waals surface area contributed by atoms with Crippen LogP contribution in [-0.2, 0) is 4.79 Å². The third-order valence-electron chi connectivity index (χ3n) is 1.42. The van der Waals surface area contributed by atoms with E-state index in [9.17, 15) is 4.79 Å². The summed E-state index contributed by atoms with van der Waals surface area (Å²) in [5.74, 6) is 0.469. The molecular weight excluding hydrogens is 255 g/mol. The van der Waals surface area contributed by atoms with Crippen molar-refractivity contribution in [2.75, 3.05) is 12.0 Å². The molecule has 2 N–H and O–H groups in total.